The highest BCUT2D eigenvalue weighted by Gasteiger charge is 2.36. The van der Waals surface area contributed by atoms with Crippen LogP contribution in [0, 0.1) is 0 Å². The van der Waals surface area contributed by atoms with Gasteiger partial charge in [0.25, 0.3) is 0 Å². The molecule has 0 unspecified atom stereocenters. The molecule has 1 fully saturated rings. The Labute approximate surface area is 137 Å². The first-order valence-corrected chi connectivity index (χ1v) is 9.50. The molecule has 22 heavy (non-hydrogen) atoms. The molecule has 0 aliphatic carbocycles. The van der Waals surface area contributed by atoms with Crippen molar-refractivity contribution in [2.24, 2.45) is 0 Å². The van der Waals surface area contributed by atoms with Gasteiger partial charge < -0.3 is 9.47 Å². The van der Waals surface area contributed by atoms with E-state index < -0.39 is 0 Å². The normalized spacial score (nSPS) is 20.1. The monoisotopic (exact) mass is 312 g/mol. The highest BCUT2D eigenvalue weighted by Crippen LogP contribution is 2.31. The minimum absolute atomic E-state index is 0.0797. The van der Waals surface area contributed by atoms with Crippen LogP contribution in [0.3, 0.4) is 0 Å². The molecule has 130 valence electrons. The van der Waals surface area contributed by atoms with Crippen molar-refractivity contribution in [2.45, 2.75) is 109 Å². The molecule has 0 aromatic carbocycles. The predicted molar refractivity (Wildman–Crippen MR) is 91.0 cm³/mol. The van der Waals surface area contributed by atoms with Crippen molar-refractivity contribution < 1.29 is 14.3 Å². The third kappa shape index (κ3) is 10.2. The topological polar surface area (TPSA) is 38.8 Å². The van der Waals surface area contributed by atoms with Crippen LogP contribution < -0.4 is 0 Å². The van der Waals surface area contributed by atoms with Crippen LogP contribution in [0.2, 0.25) is 0 Å². The zero-order valence-electron chi connectivity index (χ0n) is 14.8. The van der Waals surface area contributed by atoms with Crippen LogP contribution in [0.25, 0.3) is 0 Å². The molecule has 1 aliphatic heterocycles. The maximum atomic E-state index is 11.0. The fraction of sp³-hybridized carbons (Fsp3) is 0.947. The van der Waals surface area contributed by atoms with Crippen LogP contribution in [-0.2, 0) is 14.3 Å². The molecule has 1 saturated heterocycles. The third-order valence-electron chi connectivity index (χ3n) is 4.63. The number of carbonyl (C=O) groups excluding carboxylic acids is 1. The van der Waals surface area contributed by atoms with Crippen molar-refractivity contribution in [3.8, 4) is 0 Å². The molecule has 1 aliphatic rings. The Morgan fingerprint density at radius 1 is 0.818 bits per heavy atom. The molecule has 0 amide bonds. The van der Waals surface area contributed by atoms with E-state index in [0.29, 0.717) is 18.6 Å². The Morgan fingerprint density at radius 2 is 1.32 bits per heavy atom. The number of epoxide rings is 1. The lowest BCUT2D eigenvalue weighted by atomic mass is 10.0. The summed E-state index contributed by atoms with van der Waals surface area (Å²) in [5, 5.41) is 0. The van der Waals surface area contributed by atoms with Crippen molar-refractivity contribution in [3.63, 3.8) is 0 Å². The number of unbranched alkanes of at least 4 members (excludes halogenated alkanes) is 9. The second kappa shape index (κ2) is 12.9. The second-order valence-corrected chi connectivity index (χ2v) is 6.65. The van der Waals surface area contributed by atoms with E-state index in [1.807, 2.05) is 0 Å². The highest BCUT2D eigenvalue weighted by atomic mass is 16.6. The van der Waals surface area contributed by atoms with Crippen LogP contribution in [0.5, 0.6) is 0 Å². The van der Waals surface area contributed by atoms with Crippen molar-refractivity contribution in [3.05, 3.63) is 0 Å². The summed E-state index contributed by atoms with van der Waals surface area (Å²) in [7, 11) is 1.46. The molecule has 1 rings (SSSR count). The van der Waals surface area contributed by atoms with E-state index >= 15 is 0 Å². The number of methoxy groups -OCH3 is 1. The Bertz CT molecular complexity index is 278. The zero-order chi connectivity index (χ0) is 16.0. The van der Waals surface area contributed by atoms with Gasteiger partial charge in [-0.2, -0.15) is 0 Å². The quantitative estimate of drug-likeness (QED) is 0.230. The molecular weight excluding hydrogens is 276 g/mol. The summed E-state index contributed by atoms with van der Waals surface area (Å²) in [6, 6.07) is 0. The van der Waals surface area contributed by atoms with Gasteiger partial charge in [-0.3, -0.25) is 4.79 Å². The number of ether oxygens (including phenoxy) is 2. The predicted octanol–water partition coefficient (Wildman–Crippen LogP) is 5.41. The minimum atomic E-state index is -0.0797. The van der Waals surface area contributed by atoms with Gasteiger partial charge in [-0.15, -0.1) is 0 Å². The SMILES string of the molecule is CCCCCCCC[C@@H]1O[C@@H]1CCCCCCCC(=O)OC. The largest absolute Gasteiger partial charge is 0.469 e. The van der Waals surface area contributed by atoms with Crippen LogP contribution in [0.4, 0.5) is 0 Å². The molecular formula is C19H36O3. The summed E-state index contributed by atoms with van der Waals surface area (Å²) in [6.45, 7) is 2.27. The summed E-state index contributed by atoms with van der Waals surface area (Å²) in [5.41, 5.74) is 0. The lowest BCUT2D eigenvalue weighted by Crippen LogP contribution is -1.99. The summed E-state index contributed by atoms with van der Waals surface area (Å²) >= 11 is 0. The summed E-state index contributed by atoms with van der Waals surface area (Å²) in [4.78, 5) is 11.0. The number of esters is 1. The summed E-state index contributed by atoms with van der Waals surface area (Å²) < 4.78 is 10.4. The van der Waals surface area contributed by atoms with Crippen molar-refractivity contribution in [1.82, 2.24) is 0 Å². The molecule has 3 heteroatoms. The van der Waals surface area contributed by atoms with Crippen molar-refractivity contribution in [1.29, 1.82) is 0 Å². The standard InChI is InChI=1S/C19H36O3/c1-3-4-5-6-8-11-14-17-18(22-17)15-12-9-7-10-13-16-19(20)21-2/h17-18H,3-16H2,1-2H3/t17-,18+/m0/s1. The second-order valence-electron chi connectivity index (χ2n) is 6.65. The molecule has 0 aromatic rings. The fourth-order valence-corrected chi connectivity index (χ4v) is 3.06. The van der Waals surface area contributed by atoms with Gasteiger partial charge in [-0.25, -0.2) is 0 Å². The van der Waals surface area contributed by atoms with Gasteiger partial charge in [0.1, 0.15) is 0 Å². The van der Waals surface area contributed by atoms with E-state index in [2.05, 4.69) is 11.7 Å². The molecule has 2 atom stereocenters. The van der Waals surface area contributed by atoms with Gasteiger partial charge in [0.2, 0.25) is 0 Å². The fourth-order valence-electron chi connectivity index (χ4n) is 3.06. The van der Waals surface area contributed by atoms with Crippen molar-refractivity contribution >= 4 is 5.97 Å². The molecule has 0 N–H and O–H groups in total. The van der Waals surface area contributed by atoms with Crippen LogP contribution in [0.1, 0.15) is 96.8 Å². The third-order valence-corrected chi connectivity index (χ3v) is 4.63. The van der Waals surface area contributed by atoms with Crippen molar-refractivity contribution in [2.75, 3.05) is 7.11 Å². The smallest absolute Gasteiger partial charge is 0.305 e. The average Bonchev–Trinajstić information content (AvgIpc) is 3.28. The maximum absolute atomic E-state index is 11.0. The Morgan fingerprint density at radius 3 is 1.86 bits per heavy atom. The highest BCUT2D eigenvalue weighted by molar-refractivity contribution is 5.68. The summed E-state index contributed by atoms with van der Waals surface area (Å²) in [5.74, 6) is -0.0797. The molecule has 1 heterocycles. The number of rotatable bonds is 15. The molecule has 0 saturated carbocycles. The number of carbonyl (C=O) groups is 1. The molecule has 3 nitrogen and oxygen atoms in total. The molecule has 0 radical (unpaired) electrons. The molecule has 0 bridgehead atoms. The van der Waals surface area contributed by atoms with Gasteiger partial charge in [-0.05, 0) is 19.3 Å². The average molecular weight is 312 g/mol. The van der Waals surface area contributed by atoms with E-state index in [1.54, 1.807) is 0 Å². The first-order chi connectivity index (χ1) is 10.8. The van der Waals surface area contributed by atoms with Gasteiger partial charge in [-0.1, -0.05) is 71.1 Å². The maximum Gasteiger partial charge on any atom is 0.305 e. The minimum Gasteiger partial charge on any atom is -0.469 e. The first kappa shape index (κ1) is 19.5. The summed E-state index contributed by atoms with van der Waals surface area (Å²) in [6.07, 6.45) is 18.3. The van der Waals surface area contributed by atoms with Crippen LogP contribution >= 0.6 is 0 Å². The number of hydrogen-bond acceptors (Lipinski definition) is 3. The first-order valence-electron chi connectivity index (χ1n) is 9.50. The van der Waals surface area contributed by atoms with E-state index in [4.69, 9.17) is 4.74 Å². The van der Waals surface area contributed by atoms with Gasteiger partial charge in [0.15, 0.2) is 0 Å². The van der Waals surface area contributed by atoms with E-state index in [-0.39, 0.29) is 5.97 Å². The zero-order valence-corrected chi connectivity index (χ0v) is 14.8. The lowest BCUT2D eigenvalue weighted by Gasteiger charge is -2.01. The van der Waals surface area contributed by atoms with Gasteiger partial charge >= 0.3 is 5.97 Å². The van der Waals surface area contributed by atoms with Gasteiger partial charge in [0, 0.05) is 6.42 Å². The molecule has 0 spiro atoms. The Kier molecular flexibility index (Phi) is 11.4. The number of hydrogen-bond donors (Lipinski definition) is 0. The lowest BCUT2D eigenvalue weighted by molar-refractivity contribution is -0.140. The van der Waals surface area contributed by atoms with Gasteiger partial charge in [0.05, 0.1) is 19.3 Å². The van der Waals surface area contributed by atoms with E-state index in [1.165, 1.54) is 77.7 Å². The van der Waals surface area contributed by atoms with Crippen LogP contribution in [0.15, 0.2) is 0 Å². The van der Waals surface area contributed by atoms with Crippen LogP contribution in [-0.4, -0.2) is 25.3 Å². The Hall–Kier alpha value is -0.570. The Balaban J connectivity index is 1.77. The van der Waals surface area contributed by atoms with E-state index in [9.17, 15) is 4.79 Å². The molecule has 0 aromatic heterocycles. The van der Waals surface area contributed by atoms with E-state index in [0.717, 1.165) is 12.8 Å².